The zero-order valence-electron chi connectivity index (χ0n) is 11.7. The summed E-state index contributed by atoms with van der Waals surface area (Å²) in [6.07, 6.45) is -2.61. The predicted octanol–water partition coefficient (Wildman–Crippen LogP) is 0.406. The highest BCUT2D eigenvalue weighted by molar-refractivity contribution is 5.97. The second kappa shape index (κ2) is 5.51. The molecule has 1 saturated heterocycles. The number of aliphatic hydroxyl groups is 1. The minimum atomic E-state index is -1.44. The fourth-order valence-electron chi connectivity index (χ4n) is 2.54. The number of nitrogens with two attached hydrogens (primary N) is 1. The molecule has 2 aromatic rings. The summed E-state index contributed by atoms with van der Waals surface area (Å²) >= 11 is 0. The fraction of sp³-hybridized carbons (Fsp3) is 0.333. The molecule has 1 aromatic heterocycles. The Hall–Kier alpha value is -2.25. The number of β-amino-alcohol motifs (C(OH)–C–C–N with tert-alkyl or cyclic N) is 1. The Bertz CT molecular complexity index is 779. The van der Waals surface area contributed by atoms with Gasteiger partial charge in [-0.05, 0) is 18.2 Å². The maximum atomic E-state index is 13.3. The SMILES string of the molecule is NCc1cc(=O)c2cc(C(=O)N3C[C@H](O)[C@@H](F)C3)ccc2o1. The monoisotopic (exact) mass is 306 g/mol. The molecule has 1 aliphatic rings. The first-order chi connectivity index (χ1) is 10.5. The summed E-state index contributed by atoms with van der Waals surface area (Å²) in [7, 11) is 0. The van der Waals surface area contributed by atoms with E-state index in [2.05, 4.69) is 0 Å². The largest absolute Gasteiger partial charge is 0.459 e. The van der Waals surface area contributed by atoms with Crippen LogP contribution in [0, 0.1) is 0 Å². The van der Waals surface area contributed by atoms with Gasteiger partial charge < -0.3 is 20.2 Å². The van der Waals surface area contributed by atoms with Gasteiger partial charge in [-0.1, -0.05) is 0 Å². The average molecular weight is 306 g/mol. The third-order valence-corrected chi connectivity index (χ3v) is 3.73. The lowest BCUT2D eigenvalue weighted by atomic mass is 10.1. The number of aliphatic hydroxyl groups excluding tert-OH is 1. The van der Waals surface area contributed by atoms with Crippen molar-refractivity contribution < 1.29 is 18.7 Å². The van der Waals surface area contributed by atoms with E-state index < -0.39 is 18.2 Å². The molecule has 1 fully saturated rings. The molecule has 2 heterocycles. The number of fused-ring (bicyclic) bond motifs is 1. The van der Waals surface area contributed by atoms with E-state index in [0.29, 0.717) is 11.3 Å². The number of likely N-dealkylation sites (tertiary alicyclic amines) is 1. The Labute approximate surface area is 124 Å². The van der Waals surface area contributed by atoms with Crippen LogP contribution in [0.5, 0.6) is 0 Å². The molecule has 0 bridgehead atoms. The molecular formula is C15H15FN2O4. The third kappa shape index (κ3) is 2.49. The average Bonchev–Trinajstić information content (AvgIpc) is 2.85. The van der Waals surface area contributed by atoms with Crippen LogP contribution in [-0.4, -0.2) is 41.3 Å². The molecule has 2 atom stereocenters. The van der Waals surface area contributed by atoms with Crippen molar-refractivity contribution in [1.82, 2.24) is 4.90 Å². The number of amides is 1. The van der Waals surface area contributed by atoms with Crippen molar-refractivity contribution in [3.63, 3.8) is 0 Å². The minimum Gasteiger partial charge on any atom is -0.459 e. The van der Waals surface area contributed by atoms with E-state index in [-0.39, 0.29) is 36.0 Å². The number of hydrogen-bond donors (Lipinski definition) is 2. The molecule has 1 aromatic carbocycles. The highest BCUT2D eigenvalue weighted by atomic mass is 19.1. The van der Waals surface area contributed by atoms with Crippen LogP contribution >= 0.6 is 0 Å². The number of halogens is 1. The lowest BCUT2D eigenvalue weighted by molar-refractivity contribution is 0.0764. The normalized spacial score (nSPS) is 21.5. The Morgan fingerprint density at radius 1 is 1.41 bits per heavy atom. The van der Waals surface area contributed by atoms with Crippen molar-refractivity contribution in [2.75, 3.05) is 13.1 Å². The van der Waals surface area contributed by atoms with Crippen LogP contribution in [0.3, 0.4) is 0 Å². The van der Waals surface area contributed by atoms with Crippen LogP contribution in [-0.2, 0) is 6.54 Å². The number of alkyl halides is 1. The van der Waals surface area contributed by atoms with Gasteiger partial charge in [0.25, 0.3) is 5.91 Å². The Kier molecular flexibility index (Phi) is 3.67. The molecule has 6 nitrogen and oxygen atoms in total. The van der Waals surface area contributed by atoms with E-state index in [4.69, 9.17) is 10.2 Å². The van der Waals surface area contributed by atoms with Gasteiger partial charge in [-0.25, -0.2) is 4.39 Å². The molecule has 1 amide bonds. The van der Waals surface area contributed by atoms with Gasteiger partial charge in [0.15, 0.2) is 5.43 Å². The van der Waals surface area contributed by atoms with Crippen LogP contribution in [0.1, 0.15) is 16.1 Å². The van der Waals surface area contributed by atoms with Gasteiger partial charge in [-0.2, -0.15) is 0 Å². The van der Waals surface area contributed by atoms with Gasteiger partial charge in [-0.3, -0.25) is 9.59 Å². The van der Waals surface area contributed by atoms with Crippen molar-refractivity contribution in [1.29, 1.82) is 0 Å². The highest BCUT2D eigenvalue weighted by Crippen LogP contribution is 2.19. The van der Waals surface area contributed by atoms with Gasteiger partial charge in [-0.15, -0.1) is 0 Å². The molecule has 0 saturated carbocycles. The number of benzene rings is 1. The first kappa shape index (κ1) is 14.7. The van der Waals surface area contributed by atoms with Crippen LogP contribution in [0.2, 0.25) is 0 Å². The second-order valence-corrected chi connectivity index (χ2v) is 5.29. The molecule has 7 heteroatoms. The summed E-state index contributed by atoms with van der Waals surface area (Å²) in [6, 6.07) is 5.73. The molecule has 1 aliphatic heterocycles. The zero-order valence-corrected chi connectivity index (χ0v) is 11.7. The molecule has 0 radical (unpaired) electrons. The lowest BCUT2D eigenvalue weighted by Crippen LogP contribution is -2.29. The number of hydrogen-bond acceptors (Lipinski definition) is 5. The number of carbonyl (C=O) groups excluding carboxylic acids is 1. The van der Waals surface area contributed by atoms with Crippen LogP contribution < -0.4 is 11.2 Å². The smallest absolute Gasteiger partial charge is 0.254 e. The summed E-state index contributed by atoms with van der Waals surface area (Å²) in [5.74, 6) is -0.0667. The summed E-state index contributed by atoms with van der Waals surface area (Å²) in [6.45, 7) is -0.104. The van der Waals surface area contributed by atoms with Crippen molar-refractivity contribution >= 4 is 16.9 Å². The van der Waals surface area contributed by atoms with Crippen LogP contribution in [0.15, 0.2) is 33.5 Å². The molecule has 116 valence electrons. The summed E-state index contributed by atoms with van der Waals surface area (Å²) < 4.78 is 18.8. The third-order valence-electron chi connectivity index (χ3n) is 3.73. The first-order valence-corrected chi connectivity index (χ1v) is 6.88. The molecule has 3 rings (SSSR count). The van der Waals surface area contributed by atoms with Crippen molar-refractivity contribution in [2.24, 2.45) is 5.73 Å². The quantitative estimate of drug-likeness (QED) is 0.837. The summed E-state index contributed by atoms with van der Waals surface area (Å²) in [4.78, 5) is 25.6. The topological polar surface area (TPSA) is 96.8 Å². The highest BCUT2D eigenvalue weighted by Gasteiger charge is 2.34. The molecule has 22 heavy (non-hydrogen) atoms. The number of nitrogens with zero attached hydrogens (tertiary/aromatic N) is 1. The second-order valence-electron chi connectivity index (χ2n) is 5.29. The fourth-order valence-corrected chi connectivity index (χ4v) is 2.54. The van der Waals surface area contributed by atoms with E-state index in [0.717, 1.165) is 0 Å². The van der Waals surface area contributed by atoms with E-state index in [1.165, 1.54) is 29.2 Å². The van der Waals surface area contributed by atoms with Crippen molar-refractivity contribution in [2.45, 2.75) is 18.8 Å². The predicted molar refractivity (Wildman–Crippen MR) is 77.2 cm³/mol. The Morgan fingerprint density at radius 2 is 2.18 bits per heavy atom. The van der Waals surface area contributed by atoms with Crippen LogP contribution in [0.25, 0.3) is 11.0 Å². The molecule has 0 aliphatic carbocycles. The molecule has 0 spiro atoms. The van der Waals surface area contributed by atoms with Gasteiger partial charge in [0.2, 0.25) is 0 Å². The van der Waals surface area contributed by atoms with E-state index in [1.807, 2.05) is 0 Å². The minimum absolute atomic E-state index is 0.0568. The molecule has 3 N–H and O–H groups in total. The van der Waals surface area contributed by atoms with Gasteiger partial charge in [0.05, 0.1) is 18.5 Å². The van der Waals surface area contributed by atoms with Gasteiger partial charge >= 0.3 is 0 Å². The standard InChI is InChI=1S/C15H15FN2O4/c16-11-6-18(7-13(11)20)15(21)8-1-2-14-10(3-8)12(19)4-9(5-17)22-14/h1-4,11,13,20H,5-7,17H2/t11-,13-/m0/s1. The maximum Gasteiger partial charge on any atom is 0.254 e. The Balaban J connectivity index is 1.97. The van der Waals surface area contributed by atoms with E-state index in [1.54, 1.807) is 0 Å². The Morgan fingerprint density at radius 3 is 2.82 bits per heavy atom. The summed E-state index contributed by atoms with van der Waals surface area (Å²) in [5, 5.41) is 9.66. The van der Waals surface area contributed by atoms with E-state index >= 15 is 0 Å². The summed E-state index contributed by atoms with van der Waals surface area (Å²) in [5.41, 5.74) is 5.75. The van der Waals surface area contributed by atoms with Crippen LogP contribution in [0.4, 0.5) is 4.39 Å². The van der Waals surface area contributed by atoms with Crippen molar-refractivity contribution in [3.8, 4) is 0 Å². The maximum absolute atomic E-state index is 13.3. The van der Waals surface area contributed by atoms with Gasteiger partial charge in [0, 0.05) is 18.2 Å². The van der Waals surface area contributed by atoms with E-state index in [9.17, 15) is 19.1 Å². The number of carbonyl (C=O) groups is 1. The zero-order chi connectivity index (χ0) is 15.9. The molecule has 0 unspecified atom stereocenters. The first-order valence-electron chi connectivity index (χ1n) is 6.88. The van der Waals surface area contributed by atoms with Crippen molar-refractivity contribution in [3.05, 3.63) is 45.8 Å². The lowest BCUT2D eigenvalue weighted by Gasteiger charge is -2.15. The molecular weight excluding hydrogens is 291 g/mol. The number of rotatable bonds is 2. The van der Waals surface area contributed by atoms with Gasteiger partial charge in [0.1, 0.15) is 23.6 Å².